The Bertz CT molecular complexity index is 1030. The summed E-state index contributed by atoms with van der Waals surface area (Å²) >= 11 is 0. The van der Waals surface area contributed by atoms with Gasteiger partial charge in [-0.15, -0.1) is 0 Å². The Labute approximate surface area is 173 Å². The van der Waals surface area contributed by atoms with Crippen LogP contribution in [0.25, 0.3) is 0 Å². The first kappa shape index (κ1) is 21.7. The molecular formula is C19H21N3O7S. The summed E-state index contributed by atoms with van der Waals surface area (Å²) in [5, 5.41) is 13.8. The van der Waals surface area contributed by atoms with Crippen LogP contribution in [-0.2, 0) is 14.8 Å². The van der Waals surface area contributed by atoms with Gasteiger partial charge in [-0.05, 0) is 43.3 Å². The molecule has 11 heteroatoms. The number of hydrogen-bond acceptors (Lipinski definition) is 7. The number of morpholine rings is 1. The third kappa shape index (κ3) is 4.75. The number of ether oxygens (including phenoxy) is 2. The largest absolute Gasteiger partial charge is 0.494 e. The Morgan fingerprint density at radius 1 is 1.20 bits per heavy atom. The third-order valence-corrected chi connectivity index (χ3v) is 6.36. The van der Waals surface area contributed by atoms with E-state index < -0.39 is 20.9 Å². The minimum Gasteiger partial charge on any atom is -0.494 e. The van der Waals surface area contributed by atoms with Crippen LogP contribution in [0.1, 0.15) is 17.3 Å². The van der Waals surface area contributed by atoms with Gasteiger partial charge in [-0.1, -0.05) is 0 Å². The Morgan fingerprint density at radius 3 is 2.47 bits per heavy atom. The highest BCUT2D eigenvalue weighted by atomic mass is 32.2. The molecule has 1 aliphatic rings. The average molecular weight is 435 g/mol. The quantitative estimate of drug-likeness (QED) is 0.522. The van der Waals surface area contributed by atoms with Gasteiger partial charge in [-0.25, -0.2) is 8.42 Å². The van der Waals surface area contributed by atoms with Gasteiger partial charge in [0.25, 0.3) is 11.6 Å². The van der Waals surface area contributed by atoms with Crippen LogP contribution in [-0.4, -0.2) is 56.5 Å². The summed E-state index contributed by atoms with van der Waals surface area (Å²) in [5.41, 5.74) is -0.126. The van der Waals surface area contributed by atoms with Crippen LogP contribution in [0.2, 0.25) is 0 Å². The van der Waals surface area contributed by atoms with E-state index in [2.05, 4.69) is 5.32 Å². The molecule has 30 heavy (non-hydrogen) atoms. The summed E-state index contributed by atoms with van der Waals surface area (Å²) in [6.45, 7) is 3.31. The lowest BCUT2D eigenvalue weighted by Crippen LogP contribution is -2.40. The second kappa shape index (κ2) is 9.20. The summed E-state index contributed by atoms with van der Waals surface area (Å²) < 4.78 is 37.0. The van der Waals surface area contributed by atoms with Gasteiger partial charge in [0.2, 0.25) is 10.0 Å². The molecule has 1 heterocycles. The molecule has 0 atom stereocenters. The first-order valence-electron chi connectivity index (χ1n) is 9.23. The molecule has 2 aromatic rings. The number of anilines is 1. The molecule has 0 spiro atoms. The highest BCUT2D eigenvalue weighted by molar-refractivity contribution is 7.89. The van der Waals surface area contributed by atoms with Crippen molar-refractivity contribution in [1.82, 2.24) is 4.31 Å². The van der Waals surface area contributed by atoms with Crippen molar-refractivity contribution in [3.8, 4) is 5.75 Å². The van der Waals surface area contributed by atoms with E-state index in [-0.39, 0.29) is 34.9 Å². The summed E-state index contributed by atoms with van der Waals surface area (Å²) in [5.74, 6) is -0.280. The van der Waals surface area contributed by atoms with Crippen molar-refractivity contribution in [1.29, 1.82) is 0 Å². The van der Waals surface area contributed by atoms with Gasteiger partial charge in [0, 0.05) is 18.7 Å². The molecular weight excluding hydrogens is 414 g/mol. The van der Waals surface area contributed by atoms with Gasteiger partial charge in [0.15, 0.2) is 0 Å². The molecule has 0 aromatic heterocycles. The molecule has 3 rings (SSSR count). The molecule has 1 amide bonds. The van der Waals surface area contributed by atoms with Gasteiger partial charge < -0.3 is 14.8 Å². The molecule has 0 saturated carbocycles. The molecule has 2 aromatic carbocycles. The molecule has 1 fully saturated rings. The minimum atomic E-state index is -3.67. The number of nitro benzene ring substituents is 1. The zero-order valence-electron chi connectivity index (χ0n) is 16.2. The summed E-state index contributed by atoms with van der Waals surface area (Å²) in [6, 6.07) is 9.55. The number of nitrogens with one attached hydrogen (secondary N) is 1. The fourth-order valence-corrected chi connectivity index (χ4v) is 4.34. The highest BCUT2D eigenvalue weighted by Gasteiger charge is 2.26. The van der Waals surface area contributed by atoms with E-state index in [0.717, 1.165) is 0 Å². The molecule has 1 saturated heterocycles. The second-order valence-corrected chi connectivity index (χ2v) is 8.30. The van der Waals surface area contributed by atoms with E-state index in [1.807, 2.05) is 0 Å². The number of hydrogen-bond donors (Lipinski definition) is 1. The predicted octanol–water partition coefficient (Wildman–Crippen LogP) is 2.27. The number of benzene rings is 2. The first-order valence-corrected chi connectivity index (χ1v) is 10.7. The van der Waals surface area contributed by atoms with Crippen LogP contribution in [0.5, 0.6) is 5.75 Å². The van der Waals surface area contributed by atoms with Crippen LogP contribution in [0.15, 0.2) is 47.4 Å². The normalized spacial score (nSPS) is 14.8. The summed E-state index contributed by atoms with van der Waals surface area (Å²) in [4.78, 5) is 23.3. The predicted molar refractivity (Wildman–Crippen MR) is 108 cm³/mol. The lowest BCUT2D eigenvalue weighted by molar-refractivity contribution is -0.384. The van der Waals surface area contributed by atoms with Crippen LogP contribution < -0.4 is 10.1 Å². The maximum absolute atomic E-state index is 12.6. The van der Waals surface area contributed by atoms with E-state index >= 15 is 0 Å². The third-order valence-electron chi connectivity index (χ3n) is 4.45. The number of sulfonamides is 1. The topological polar surface area (TPSA) is 128 Å². The van der Waals surface area contributed by atoms with E-state index in [0.29, 0.717) is 25.6 Å². The van der Waals surface area contributed by atoms with E-state index in [1.54, 1.807) is 6.92 Å². The lowest BCUT2D eigenvalue weighted by Gasteiger charge is -2.26. The number of amides is 1. The van der Waals surface area contributed by atoms with Crippen LogP contribution in [0.4, 0.5) is 11.4 Å². The van der Waals surface area contributed by atoms with Crippen molar-refractivity contribution < 1.29 is 27.6 Å². The van der Waals surface area contributed by atoms with Crippen molar-refractivity contribution >= 4 is 27.3 Å². The van der Waals surface area contributed by atoms with Gasteiger partial charge in [0.05, 0.1) is 35.7 Å². The highest BCUT2D eigenvalue weighted by Crippen LogP contribution is 2.29. The molecule has 0 bridgehead atoms. The number of carbonyl (C=O) groups is 1. The zero-order valence-corrected chi connectivity index (χ0v) is 17.1. The molecule has 0 unspecified atom stereocenters. The Kier molecular flexibility index (Phi) is 6.65. The van der Waals surface area contributed by atoms with Gasteiger partial charge in [-0.3, -0.25) is 14.9 Å². The molecule has 0 radical (unpaired) electrons. The maximum Gasteiger partial charge on any atom is 0.296 e. The van der Waals surface area contributed by atoms with E-state index in [1.165, 1.54) is 46.8 Å². The summed E-state index contributed by atoms with van der Waals surface area (Å²) in [6.07, 6.45) is 0. The van der Waals surface area contributed by atoms with Crippen molar-refractivity contribution in [2.24, 2.45) is 0 Å². The monoisotopic (exact) mass is 435 g/mol. The standard InChI is InChI=1S/C19H21N3O7S/c1-2-29-15-5-8-17(18(13-15)22(24)25)20-19(23)14-3-6-16(7-4-14)30(26,27)21-9-11-28-12-10-21/h3-8,13H,2,9-12H2,1H3,(H,20,23). The number of nitro groups is 1. The summed E-state index contributed by atoms with van der Waals surface area (Å²) in [7, 11) is -3.67. The average Bonchev–Trinajstić information content (AvgIpc) is 2.75. The van der Waals surface area contributed by atoms with Crippen molar-refractivity contribution in [2.75, 3.05) is 38.2 Å². The Hall–Kier alpha value is -3.02. The lowest BCUT2D eigenvalue weighted by atomic mass is 10.2. The number of nitrogens with zero attached hydrogens (tertiary/aromatic N) is 2. The van der Waals surface area contributed by atoms with Crippen LogP contribution in [0, 0.1) is 10.1 Å². The Balaban J connectivity index is 1.77. The molecule has 0 aliphatic carbocycles. The van der Waals surface area contributed by atoms with Crippen molar-refractivity contribution in [3.05, 3.63) is 58.1 Å². The molecule has 160 valence electrons. The fraction of sp³-hybridized carbons (Fsp3) is 0.316. The molecule has 10 nitrogen and oxygen atoms in total. The van der Waals surface area contributed by atoms with Gasteiger partial charge >= 0.3 is 0 Å². The van der Waals surface area contributed by atoms with Crippen LogP contribution in [0.3, 0.4) is 0 Å². The number of rotatable bonds is 7. The fourth-order valence-electron chi connectivity index (χ4n) is 2.93. The van der Waals surface area contributed by atoms with Gasteiger partial charge in [0.1, 0.15) is 11.4 Å². The maximum atomic E-state index is 12.6. The molecule has 1 N–H and O–H groups in total. The van der Waals surface area contributed by atoms with Crippen LogP contribution >= 0.6 is 0 Å². The molecule has 1 aliphatic heterocycles. The number of carbonyl (C=O) groups excluding carboxylic acids is 1. The minimum absolute atomic E-state index is 0.0125. The van der Waals surface area contributed by atoms with E-state index in [4.69, 9.17) is 9.47 Å². The second-order valence-electron chi connectivity index (χ2n) is 6.36. The van der Waals surface area contributed by atoms with Crippen molar-refractivity contribution in [3.63, 3.8) is 0 Å². The SMILES string of the molecule is CCOc1ccc(NC(=O)c2ccc(S(=O)(=O)N3CCOCC3)cc2)c([N+](=O)[O-])c1. The first-order chi connectivity index (χ1) is 14.3. The smallest absolute Gasteiger partial charge is 0.296 e. The van der Waals surface area contributed by atoms with Crippen molar-refractivity contribution in [2.45, 2.75) is 11.8 Å². The Morgan fingerprint density at radius 2 is 1.87 bits per heavy atom. The van der Waals surface area contributed by atoms with Gasteiger partial charge in [-0.2, -0.15) is 4.31 Å². The van der Waals surface area contributed by atoms with E-state index in [9.17, 15) is 23.3 Å². The zero-order chi connectivity index (χ0) is 21.7.